The summed E-state index contributed by atoms with van der Waals surface area (Å²) in [6.45, 7) is 12.8. The Labute approximate surface area is 142 Å². The predicted molar refractivity (Wildman–Crippen MR) is 96.7 cm³/mol. The lowest BCUT2D eigenvalue weighted by atomic mass is 9.99. The molecule has 1 atom stereocenters. The van der Waals surface area contributed by atoms with E-state index >= 15 is 0 Å². The van der Waals surface area contributed by atoms with Gasteiger partial charge in [-0.2, -0.15) is 0 Å². The summed E-state index contributed by atoms with van der Waals surface area (Å²) < 4.78 is 7.81. The lowest BCUT2D eigenvalue weighted by molar-refractivity contribution is 0.0363. The van der Waals surface area contributed by atoms with E-state index in [-0.39, 0.29) is 0 Å². The van der Waals surface area contributed by atoms with E-state index in [0.29, 0.717) is 0 Å². The molecule has 0 aliphatic carbocycles. The zero-order valence-corrected chi connectivity index (χ0v) is 15.1. The van der Waals surface area contributed by atoms with Crippen LogP contribution in [0.4, 0.5) is 0 Å². The van der Waals surface area contributed by atoms with Gasteiger partial charge in [0.15, 0.2) is 0 Å². The average Bonchev–Trinajstić information content (AvgIpc) is 3.04. The first-order valence-electron chi connectivity index (χ1n) is 9.48. The lowest BCUT2D eigenvalue weighted by Crippen LogP contribution is -2.38. The molecule has 1 saturated heterocycles. The highest BCUT2D eigenvalue weighted by Gasteiger charge is 2.11. The molecule has 0 aromatic carbocycles. The van der Waals surface area contributed by atoms with Crippen LogP contribution in [0.1, 0.15) is 45.2 Å². The number of ether oxygens (including phenoxy) is 1. The molecule has 0 saturated carbocycles. The third kappa shape index (κ3) is 6.66. The average molecular weight is 322 g/mol. The highest BCUT2D eigenvalue weighted by molar-refractivity contribution is 5.07. The van der Waals surface area contributed by atoms with Crippen molar-refractivity contribution in [3.05, 3.63) is 24.0 Å². The van der Waals surface area contributed by atoms with Crippen LogP contribution in [0.15, 0.2) is 18.3 Å². The quantitative estimate of drug-likeness (QED) is 0.679. The van der Waals surface area contributed by atoms with Crippen molar-refractivity contribution in [2.75, 3.05) is 39.4 Å². The maximum Gasteiger partial charge on any atom is 0.0594 e. The predicted octanol–water partition coefficient (Wildman–Crippen LogP) is 3.13. The van der Waals surface area contributed by atoms with Crippen LogP contribution in [0.2, 0.25) is 0 Å². The summed E-state index contributed by atoms with van der Waals surface area (Å²) in [5.41, 5.74) is 1.41. The molecule has 1 aliphatic heterocycles. The summed E-state index contributed by atoms with van der Waals surface area (Å²) in [6.07, 6.45) is 7.52. The standard InChI is InChI=1S/C19H35N3O/c1-3-5-7-18(4-2)16-20-17-19-8-6-9-22(19)11-10-21-12-14-23-15-13-21/h6,8-9,18,20H,3-5,7,10-17H2,1-2H3/t18-/m1/s1. The molecule has 1 aliphatic rings. The highest BCUT2D eigenvalue weighted by atomic mass is 16.5. The Morgan fingerprint density at radius 1 is 1.22 bits per heavy atom. The molecule has 0 unspecified atom stereocenters. The Hall–Kier alpha value is -0.840. The van der Waals surface area contributed by atoms with Gasteiger partial charge in [-0.1, -0.05) is 33.1 Å². The molecule has 0 radical (unpaired) electrons. The molecule has 0 amide bonds. The Morgan fingerprint density at radius 3 is 2.78 bits per heavy atom. The van der Waals surface area contributed by atoms with Crippen molar-refractivity contribution >= 4 is 0 Å². The van der Waals surface area contributed by atoms with Crippen LogP contribution >= 0.6 is 0 Å². The Balaban J connectivity index is 1.70. The zero-order valence-electron chi connectivity index (χ0n) is 15.1. The van der Waals surface area contributed by atoms with E-state index in [1.807, 2.05) is 0 Å². The van der Waals surface area contributed by atoms with Crippen molar-refractivity contribution < 1.29 is 4.74 Å². The smallest absolute Gasteiger partial charge is 0.0594 e. The van der Waals surface area contributed by atoms with Crippen molar-refractivity contribution in [2.24, 2.45) is 5.92 Å². The third-order valence-corrected chi connectivity index (χ3v) is 4.97. The zero-order chi connectivity index (χ0) is 16.3. The second-order valence-electron chi connectivity index (χ2n) is 6.69. The van der Waals surface area contributed by atoms with E-state index in [9.17, 15) is 0 Å². The number of morpholine rings is 1. The first-order chi connectivity index (χ1) is 11.3. The van der Waals surface area contributed by atoms with E-state index in [0.717, 1.165) is 58.4 Å². The van der Waals surface area contributed by atoms with E-state index < -0.39 is 0 Å². The Bertz CT molecular complexity index is 413. The van der Waals surface area contributed by atoms with Crippen molar-refractivity contribution in [3.8, 4) is 0 Å². The van der Waals surface area contributed by atoms with E-state index in [1.165, 1.54) is 31.4 Å². The maximum atomic E-state index is 5.42. The van der Waals surface area contributed by atoms with Crippen molar-refractivity contribution in [1.82, 2.24) is 14.8 Å². The number of nitrogens with one attached hydrogen (secondary N) is 1. The minimum absolute atomic E-state index is 0.826. The molecule has 1 N–H and O–H groups in total. The molecule has 2 rings (SSSR count). The first-order valence-corrected chi connectivity index (χ1v) is 9.48. The first kappa shape index (κ1) is 18.5. The molecule has 1 aromatic rings. The molecule has 132 valence electrons. The molecule has 4 heteroatoms. The normalized spacial score (nSPS) is 17.5. The molecule has 0 bridgehead atoms. The van der Waals surface area contributed by atoms with Crippen LogP contribution in [0.25, 0.3) is 0 Å². The van der Waals surface area contributed by atoms with E-state index in [2.05, 4.69) is 47.0 Å². The largest absolute Gasteiger partial charge is 0.379 e. The summed E-state index contributed by atoms with van der Waals surface area (Å²) in [5, 5.41) is 3.67. The number of aromatic nitrogens is 1. The molecule has 2 heterocycles. The van der Waals surface area contributed by atoms with Crippen molar-refractivity contribution in [3.63, 3.8) is 0 Å². The second kappa shape index (κ2) is 10.8. The summed E-state index contributed by atoms with van der Waals surface area (Å²) >= 11 is 0. The van der Waals surface area contributed by atoms with Gasteiger partial charge in [0.05, 0.1) is 13.2 Å². The number of rotatable bonds is 11. The Morgan fingerprint density at radius 2 is 2.04 bits per heavy atom. The molecule has 1 fully saturated rings. The monoisotopic (exact) mass is 321 g/mol. The van der Waals surface area contributed by atoms with Gasteiger partial charge >= 0.3 is 0 Å². The van der Waals surface area contributed by atoms with Crippen LogP contribution in [-0.2, 0) is 17.8 Å². The number of nitrogens with zero attached hydrogens (tertiary/aromatic N) is 2. The summed E-state index contributed by atoms with van der Waals surface area (Å²) in [6, 6.07) is 4.42. The van der Waals surface area contributed by atoms with Gasteiger partial charge in [0, 0.05) is 44.6 Å². The van der Waals surface area contributed by atoms with Gasteiger partial charge in [-0.25, -0.2) is 0 Å². The van der Waals surface area contributed by atoms with Crippen molar-refractivity contribution in [1.29, 1.82) is 0 Å². The van der Waals surface area contributed by atoms with Gasteiger partial charge in [-0.05, 0) is 31.0 Å². The number of hydrogen-bond acceptors (Lipinski definition) is 3. The molecular weight excluding hydrogens is 286 g/mol. The minimum atomic E-state index is 0.826. The molecule has 4 nitrogen and oxygen atoms in total. The summed E-state index contributed by atoms with van der Waals surface area (Å²) in [5.74, 6) is 0.826. The lowest BCUT2D eigenvalue weighted by Gasteiger charge is -2.27. The second-order valence-corrected chi connectivity index (χ2v) is 6.69. The summed E-state index contributed by atoms with van der Waals surface area (Å²) in [7, 11) is 0. The van der Waals surface area contributed by atoms with E-state index in [1.54, 1.807) is 0 Å². The topological polar surface area (TPSA) is 29.4 Å². The van der Waals surface area contributed by atoms with Crippen LogP contribution in [0, 0.1) is 5.92 Å². The minimum Gasteiger partial charge on any atom is -0.379 e. The fourth-order valence-corrected chi connectivity index (χ4v) is 3.25. The van der Waals surface area contributed by atoms with E-state index in [4.69, 9.17) is 4.74 Å². The fourth-order valence-electron chi connectivity index (χ4n) is 3.25. The van der Waals surface area contributed by atoms with Gasteiger partial charge in [-0.3, -0.25) is 4.90 Å². The SMILES string of the molecule is CCCC[C@@H](CC)CNCc1cccn1CCN1CCOCC1. The number of unbranched alkanes of at least 4 members (excludes halogenated alkanes) is 1. The fraction of sp³-hybridized carbons (Fsp3) is 0.789. The van der Waals surface area contributed by atoms with Crippen LogP contribution in [0.5, 0.6) is 0 Å². The van der Waals surface area contributed by atoms with Crippen LogP contribution < -0.4 is 5.32 Å². The van der Waals surface area contributed by atoms with Crippen LogP contribution in [-0.4, -0.2) is 48.9 Å². The summed E-state index contributed by atoms with van der Waals surface area (Å²) in [4.78, 5) is 2.50. The van der Waals surface area contributed by atoms with Crippen molar-refractivity contribution in [2.45, 2.75) is 52.6 Å². The number of hydrogen-bond donors (Lipinski definition) is 1. The Kier molecular flexibility index (Phi) is 8.72. The highest BCUT2D eigenvalue weighted by Crippen LogP contribution is 2.12. The van der Waals surface area contributed by atoms with Gasteiger partial charge in [0.2, 0.25) is 0 Å². The van der Waals surface area contributed by atoms with Gasteiger partial charge in [0.25, 0.3) is 0 Å². The maximum absolute atomic E-state index is 5.42. The molecule has 23 heavy (non-hydrogen) atoms. The molecular formula is C19H35N3O. The van der Waals surface area contributed by atoms with Gasteiger partial charge in [0.1, 0.15) is 0 Å². The molecule has 0 spiro atoms. The van der Waals surface area contributed by atoms with Crippen LogP contribution in [0.3, 0.4) is 0 Å². The third-order valence-electron chi connectivity index (χ3n) is 4.97. The van der Waals surface area contributed by atoms with Gasteiger partial charge < -0.3 is 14.6 Å². The van der Waals surface area contributed by atoms with Gasteiger partial charge in [-0.15, -0.1) is 0 Å². The molecule has 1 aromatic heterocycles.